The Labute approximate surface area is 101 Å². The predicted molar refractivity (Wildman–Crippen MR) is 69.7 cm³/mol. The first-order valence-electron chi connectivity index (χ1n) is 7.12. The molecule has 1 aliphatic carbocycles. The first-order valence-corrected chi connectivity index (χ1v) is 7.12. The van der Waals surface area contributed by atoms with E-state index in [4.69, 9.17) is 0 Å². The van der Waals surface area contributed by atoms with Crippen LogP contribution in [-0.2, 0) is 0 Å². The Morgan fingerprint density at radius 1 is 1.12 bits per heavy atom. The van der Waals surface area contributed by atoms with Gasteiger partial charge in [-0.05, 0) is 71.6 Å². The van der Waals surface area contributed by atoms with Crippen LogP contribution in [0.3, 0.4) is 0 Å². The van der Waals surface area contributed by atoms with Gasteiger partial charge in [-0.25, -0.2) is 0 Å². The van der Waals surface area contributed by atoms with Gasteiger partial charge in [0, 0.05) is 12.1 Å². The Hall–Kier alpha value is -0.0800. The molecular formula is C14H28N2. The van der Waals surface area contributed by atoms with E-state index in [0.29, 0.717) is 0 Å². The molecule has 0 radical (unpaired) electrons. The maximum Gasteiger partial charge on any atom is 0.0115 e. The minimum atomic E-state index is 0.817. The van der Waals surface area contributed by atoms with Crippen LogP contribution in [0.1, 0.15) is 45.4 Å². The highest BCUT2D eigenvalue weighted by atomic mass is 15.2. The van der Waals surface area contributed by atoms with Crippen molar-refractivity contribution in [1.82, 2.24) is 9.80 Å². The van der Waals surface area contributed by atoms with Crippen molar-refractivity contribution in [2.45, 2.75) is 57.5 Å². The number of likely N-dealkylation sites (tertiary alicyclic amines) is 1. The number of hydrogen-bond acceptors (Lipinski definition) is 2. The summed E-state index contributed by atoms with van der Waals surface area (Å²) in [4.78, 5) is 5.14. The summed E-state index contributed by atoms with van der Waals surface area (Å²) < 4.78 is 0. The zero-order valence-electron chi connectivity index (χ0n) is 11.3. The average molecular weight is 224 g/mol. The van der Waals surface area contributed by atoms with E-state index in [9.17, 15) is 0 Å². The zero-order valence-corrected chi connectivity index (χ0v) is 11.3. The lowest BCUT2D eigenvalue weighted by atomic mass is 9.79. The highest BCUT2D eigenvalue weighted by Crippen LogP contribution is 2.33. The summed E-state index contributed by atoms with van der Waals surface area (Å²) in [5.74, 6) is 0.956. The Bertz CT molecular complexity index is 203. The van der Waals surface area contributed by atoms with Crippen LogP contribution in [0.4, 0.5) is 0 Å². The zero-order chi connectivity index (χ0) is 11.5. The Balaban J connectivity index is 1.79. The van der Waals surface area contributed by atoms with E-state index in [1.165, 1.54) is 51.6 Å². The fourth-order valence-electron chi connectivity index (χ4n) is 3.68. The summed E-state index contributed by atoms with van der Waals surface area (Å²) in [6.07, 6.45) is 8.57. The second kappa shape index (κ2) is 5.50. The molecule has 0 aromatic rings. The third kappa shape index (κ3) is 2.60. The molecule has 1 saturated heterocycles. The maximum absolute atomic E-state index is 2.70. The van der Waals surface area contributed by atoms with Crippen LogP contribution in [-0.4, -0.2) is 49.1 Å². The topological polar surface area (TPSA) is 6.48 Å². The molecule has 1 atom stereocenters. The molecule has 0 amide bonds. The van der Waals surface area contributed by atoms with Gasteiger partial charge in [0.05, 0.1) is 0 Å². The summed E-state index contributed by atoms with van der Waals surface area (Å²) in [6.45, 7) is 5.09. The van der Waals surface area contributed by atoms with Gasteiger partial charge < -0.3 is 9.80 Å². The number of rotatable bonds is 4. The summed E-state index contributed by atoms with van der Waals surface area (Å²) in [5, 5.41) is 0. The van der Waals surface area contributed by atoms with Gasteiger partial charge in [-0.15, -0.1) is 0 Å². The first kappa shape index (κ1) is 12.4. The normalized spacial score (nSPS) is 33.8. The van der Waals surface area contributed by atoms with E-state index in [2.05, 4.69) is 30.8 Å². The van der Waals surface area contributed by atoms with Gasteiger partial charge in [-0.2, -0.15) is 0 Å². The van der Waals surface area contributed by atoms with Crippen molar-refractivity contribution in [3.63, 3.8) is 0 Å². The quantitative estimate of drug-likeness (QED) is 0.724. The Morgan fingerprint density at radius 2 is 1.75 bits per heavy atom. The largest absolute Gasteiger partial charge is 0.306 e. The molecule has 16 heavy (non-hydrogen) atoms. The molecule has 0 N–H and O–H groups in total. The lowest BCUT2D eigenvalue weighted by Crippen LogP contribution is -2.48. The Morgan fingerprint density at radius 3 is 2.12 bits per heavy atom. The standard InChI is InChI=1S/C14H28N2/c1-4-14(15(2)3)12-6-8-13(9-7-12)16-10-5-11-16/h12-14H,4-11H2,1-3H3/t12?,13?,14-/m1/s1. The summed E-state index contributed by atoms with van der Waals surface area (Å²) in [6, 6.07) is 1.75. The molecule has 2 nitrogen and oxygen atoms in total. The third-order valence-electron chi connectivity index (χ3n) is 4.77. The molecule has 0 unspecified atom stereocenters. The van der Waals surface area contributed by atoms with Gasteiger partial charge in [0.15, 0.2) is 0 Å². The number of hydrogen-bond donors (Lipinski definition) is 0. The second-order valence-corrected chi connectivity index (χ2v) is 5.90. The summed E-state index contributed by atoms with van der Waals surface area (Å²) in [7, 11) is 4.49. The van der Waals surface area contributed by atoms with Gasteiger partial charge in [0.1, 0.15) is 0 Å². The first-order chi connectivity index (χ1) is 7.72. The van der Waals surface area contributed by atoms with Gasteiger partial charge in [-0.1, -0.05) is 6.92 Å². The van der Waals surface area contributed by atoms with Crippen molar-refractivity contribution in [1.29, 1.82) is 0 Å². The molecule has 1 saturated carbocycles. The fraction of sp³-hybridized carbons (Fsp3) is 1.00. The van der Waals surface area contributed by atoms with Gasteiger partial charge in [-0.3, -0.25) is 0 Å². The van der Waals surface area contributed by atoms with Crippen LogP contribution in [0.2, 0.25) is 0 Å². The van der Waals surface area contributed by atoms with Crippen LogP contribution >= 0.6 is 0 Å². The van der Waals surface area contributed by atoms with E-state index in [1.54, 1.807) is 0 Å². The molecule has 2 aliphatic rings. The Kier molecular flexibility index (Phi) is 4.26. The van der Waals surface area contributed by atoms with Crippen molar-refractivity contribution < 1.29 is 0 Å². The van der Waals surface area contributed by atoms with E-state index in [0.717, 1.165) is 18.0 Å². The molecule has 1 heterocycles. The summed E-state index contributed by atoms with van der Waals surface area (Å²) >= 11 is 0. The highest BCUT2D eigenvalue weighted by molar-refractivity contribution is 4.87. The summed E-state index contributed by atoms with van der Waals surface area (Å²) in [5.41, 5.74) is 0. The molecule has 94 valence electrons. The monoisotopic (exact) mass is 224 g/mol. The molecule has 1 aliphatic heterocycles. The van der Waals surface area contributed by atoms with Gasteiger partial charge in [0.2, 0.25) is 0 Å². The average Bonchev–Trinajstić information content (AvgIpc) is 2.18. The minimum absolute atomic E-state index is 0.817. The van der Waals surface area contributed by atoms with Gasteiger partial charge >= 0.3 is 0 Å². The molecule has 2 heteroatoms. The third-order valence-corrected chi connectivity index (χ3v) is 4.77. The van der Waals surface area contributed by atoms with Crippen LogP contribution < -0.4 is 0 Å². The molecule has 0 aromatic heterocycles. The van der Waals surface area contributed by atoms with E-state index in [-0.39, 0.29) is 0 Å². The highest BCUT2D eigenvalue weighted by Gasteiger charge is 2.31. The van der Waals surface area contributed by atoms with Crippen molar-refractivity contribution in [2.24, 2.45) is 5.92 Å². The maximum atomic E-state index is 2.70. The van der Waals surface area contributed by atoms with Crippen molar-refractivity contribution in [2.75, 3.05) is 27.2 Å². The van der Waals surface area contributed by atoms with Crippen LogP contribution in [0.25, 0.3) is 0 Å². The smallest absolute Gasteiger partial charge is 0.0115 e. The van der Waals surface area contributed by atoms with Crippen LogP contribution in [0.5, 0.6) is 0 Å². The molecule has 0 bridgehead atoms. The van der Waals surface area contributed by atoms with E-state index < -0.39 is 0 Å². The van der Waals surface area contributed by atoms with Crippen molar-refractivity contribution in [3.05, 3.63) is 0 Å². The van der Waals surface area contributed by atoms with E-state index >= 15 is 0 Å². The lowest BCUT2D eigenvalue weighted by Gasteiger charge is -2.44. The molecule has 0 aromatic carbocycles. The lowest BCUT2D eigenvalue weighted by molar-refractivity contribution is 0.0609. The van der Waals surface area contributed by atoms with Crippen LogP contribution in [0.15, 0.2) is 0 Å². The minimum Gasteiger partial charge on any atom is -0.306 e. The molecule has 2 rings (SSSR count). The van der Waals surface area contributed by atoms with Crippen molar-refractivity contribution >= 4 is 0 Å². The fourth-order valence-corrected chi connectivity index (χ4v) is 3.68. The number of nitrogens with zero attached hydrogens (tertiary/aromatic N) is 2. The second-order valence-electron chi connectivity index (χ2n) is 5.90. The molecule has 2 fully saturated rings. The van der Waals surface area contributed by atoms with Gasteiger partial charge in [0.25, 0.3) is 0 Å². The van der Waals surface area contributed by atoms with Crippen LogP contribution in [0, 0.1) is 5.92 Å². The molecular weight excluding hydrogens is 196 g/mol. The SMILES string of the molecule is CC[C@H](C1CCC(N2CCC2)CC1)N(C)C. The molecule has 0 spiro atoms. The predicted octanol–water partition coefficient (Wildman–Crippen LogP) is 2.59. The van der Waals surface area contributed by atoms with E-state index in [1.807, 2.05) is 0 Å². The van der Waals surface area contributed by atoms with Crippen molar-refractivity contribution in [3.8, 4) is 0 Å².